The third-order valence-electron chi connectivity index (χ3n) is 3.46. The summed E-state index contributed by atoms with van der Waals surface area (Å²) in [7, 11) is 3.35. The Bertz CT molecular complexity index is 564. The molecule has 0 bridgehead atoms. The van der Waals surface area contributed by atoms with Crippen LogP contribution in [-0.4, -0.2) is 14.2 Å². The molecule has 0 radical (unpaired) electrons. The molecule has 0 saturated heterocycles. The van der Waals surface area contributed by atoms with Gasteiger partial charge in [0.1, 0.15) is 11.5 Å². The summed E-state index contributed by atoms with van der Waals surface area (Å²) >= 11 is 0. The lowest BCUT2D eigenvalue weighted by Gasteiger charge is -2.14. The van der Waals surface area contributed by atoms with Gasteiger partial charge in [-0.25, -0.2) is 0 Å². The van der Waals surface area contributed by atoms with Crippen LogP contribution in [-0.2, 0) is 6.42 Å². The molecular weight excluding hydrogens is 250 g/mol. The van der Waals surface area contributed by atoms with Crippen LogP contribution in [0.15, 0.2) is 42.5 Å². The zero-order valence-electron chi connectivity index (χ0n) is 12.2. The van der Waals surface area contributed by atoms with Gasteiger partial charge in [-0.15, -0.1) is 0 Å². The molecule has 2 rings (SSSR count). The fourth-order valence-electron chi connectivity index (χ4n) is 2.27. The number of ether oxygens (including phenoxy) is 2. The van der Waals surface area contributed by atoms with Gasteiger partial charge >= 0.3 is 0 Å². The highest BCUT2D eigenvalue weighted by molar-refractivity contribution is 5.38. The lowest BCUT2D eigenvalue weighted by atomic mass is 9.98. The SMILES string of the molecule is COc1ccc(CC(N)c2ccc(OC)c(C)c2)cc1. The number of aryl methyl sites for hydroxylation is 1. The first-order valence-corrected chi connectivity index (χ1v) is 6.67. The Morgan fingerprint density at radius 2 is 1.70 bits per heavy atom. The molecule has 2 N–H and O–H groups in total. The third-order valence-corrected chi connectivity index (χ3v) is 3.46. The topological polar surface area (TPSA) is 44.5 Å². The van der Waals surface area contributed by atoms with Crippen molar-refractivity contribution >= 4 is 0 Å². The Labute approximate surface area is 120 Å². The maximum Gasteiger partial charge on any atom is 0.121 e. The quantitative estimate of drug-likeness (QED) is 0.908. The van der Waals surface area contributed by atoms with E-state index in [-0.39, 0.29) is 6.04 Å². The van der Waals surface area contributed by atoms with Gasteiger partial charge in [-0.3, -0.25) is 0 Å². The molecule has 1 unspecified atom stereocenters. The molecule has 0 aliphatic carbocycles. The van der Waals surface area contributed by atoms with E-state index in [0.717, 1.165) is 29.0 Å². The zero-order valence-corrected chi connectivity index (χ0v) is 12.2. The smallest absolute Gasteiger partial charge is 0.121 e. The monoisotopic (exact) mass is 271 g/mol. The minimum Gasteiger partial charge on any atom is -0.497 e. The van der Waals surface area contributed by atoms with Crippen LogP contribution in [0.3, 0.4) is 0 Å². The van der Waals surface area contributed by atoms with Crippen molar-refractivity contribution in [2.45, 2.75) is 19.4 Å². The van der Waals surface area contributed by atoms with Gasteiger partial charge in [0.25, 0.3) is 0 Å². The predicted octanol–water partition coefficient (Wildman–Crippen LogP) is 3.25. The second-order valence-corrected chi connectivity index (χ2v) is 4.89. The summed E-state index contributed by atoms with van der Waals surface area (Å²) in [5.74, 6) is 1.76. The molecule has 0 fully saturated rings. The van der Waals surface area contributed by atoms with Crippen LogP contribution in [0.1, 0.15) is 22.7 Å². The van der Waals surface area contributed by atoms with E-state index in [0.29, 0.717) is 0 Å². The van der Waals surface area contributed by atoms with Crippen LogP contribution in [0.2, 0.25) is 0 Å². The molecule has 0 heterocycles. The first-order chi connectivity index (χ1) is 9.63. The van der Waals surface area contributed by atoms with E-state index >= 15 is 0 Å². The van der Waals surface area contributed by atoms with E-state index in [1.165, 1.54) is 5.56 Å². The zero-order chi connectivity index (χ0) is 14.5. The predicted molar refractivity (Wildman–Crippen MR) is 81.4 cm³/mol. The number of hydrogen-bond donors (Lipinski definition) is 1. The Morgan fingerprint density at radius 1 is 1.00 bits per heavy atom. The molecular formula is C17H21NO2. The summed E-state index contributed by atoms with van der Waals surface area (Å²) in [6.45, 7) is 2.03. The van der Waals surface area contributed by atoms with Gasteiger partial charge in [-0.05, 0) is 48.2 Å². The maximum absolute atomic E-state index is 6.29. The standard InChI is InChI=1S/C17H21NO2/c1-12-10-14(6-9-17(12)20-3)16(18)11-13-4-7-15(19-2)8-5-13/h4-10,16H,11,18H2,1-3H3. The summed E-state index contributed by atoms with van der Waals surface area (Å²) in [6.07, 6.45) is 0.801. The largest absolute Gasteiger partial charge is 0.497 e. The number of benzene rings is 2. The van der Waals surface area contributed by atoms with Crippen molar-refractivity contribution in [3.8, 4) is 11.5 Å². The van der Waals surface area contributed by atoms with E-state index in [1.807, 2.05) is 31.2 Å². The summed E-state index contributed by atoms with van der Waals surface area (Å²) < 4.78 is 10.4. The normalized spacial score (nSPS) is 12.0. The second kappa shape index (κ2) is 6.44. The summed E-state index contributed by atoms with van der Waals surface area (Å²) in [6, 6.07) is 14.1. The van der Waals surface area contributed by atoms with Crippen LogP contribution >= 0.6 is 0 Å². The Morgan fingerprint density at radius 3 is 2.25 bits per heavy atom. The molecule has 0 aliphatic rings. The van der Waals surface area contributed by atoms with Crippen molar-refractivity contribution in [1.82, 2.24) is 0 Å². The molecule has 1 atom stereocenters. The van der Waals surface area contributed by atoms with Gasteiger partial charge in [0, 0.05) is 6.04 Å². The van der Waals surface area contributed by atoms with Gasteiger partial charge in [0.15, 0.2) is 0 Å². The van der Waals surface area contributed by atoms with Crippen molar-refractivity contribution in [2.75, 3.05) is 14.2 Å². The molecule has 106 valence electrons. The van der Waals surface area contributed by atoms with E-state index in [1.54, 1.807) is 14.2 Å². The van der Waals surface area contributed by atoms with Gasteiger partial charge in [0.05, 0.1) is 14.2 Å². The van der Waals surface area contributed by atoms with Gasteiger partial charge in [0.2, 0.25) is 0 Å². The second-order valence-electron chi connectivity index (χ2n) is 4.89. The van der Waals surface area contributed by atoms with E-state index in [2.05, 4.69) is 18.2 Å². The molecule has 0 aromatic heterocycles. The molecule has 0 spiro atoms. The molecule has 2 aromatic rings. The molecule has 0 saturated carbocycles. The molecule has 2 aromatic carbocycles. The summed E-state index contributed by atoms with van der Waals surface area (Å²) in [5, 5.41) is 0. The fraction of sp³-hybridized carbons (Fsp3) is 0.294. The molecule has 3 heteroatoms. The highest BCUT2D eigenvalue weighted by atomic mass is 16.5. The van der Waals surface area contributed by atoms with Crippen LogP contribution in [0.5, 0.6) is 11.5 Å². The van der Waals surface area contributed by atoms with E-state index < -0.39 is 0 Å². The van der Waals surface area contributed by atoms with Gasteiger partial charge in [-0.2, -0.15) is 0 Å². The number of methoxy groups -OCH3 is 2. The van der Waals surface area contributed by atoms with Crippen LogP contribution in [0, 0.1) is 6.92 Å². The lowest BCUT2D eigenvalue weighted by molar-refractivity contribution is 0.411. The number of rotatable bonds is 5. The summed E-state index contributed by atoms with van der Waals surface area (Å²) in [4.78, 5) is 0. The van der Waals surface area contributed by atoms with Crippen molar-refractivity contribution in [3.05, 3.63) is 59.2 Å². The first kappa shape index (κ1) is 14.4. The molecule has 3 nitrogen and oxygen atoms in total. The Balaban J connectivity index is 2.10. The molecule has 0 aliphatic heterocycles. The van der Waals surface area contributed by atoms with Crippen LogP contribution in [0.4, 0.5) is 0 Å². The van der Waals surface area contributed by atoms with Crippen molar-refractivity contribution in [2.24, 2.45) is 5.73 Å². The average molecular weight is 271 g/mol. The minimum atomic E-state index is -0.0204. The molecule has 20 heavy (non-hydrogen) atoms. The van der Waals surface area contributed by atoms with E-state index in [9.17, 15) is 0 Å². The minimum absolute atomic E-state index is 0.0204. The number of nitrogens with two attached hydrogens (primary N) is 1. The first-order valence-electron chi connectivity index (χ1n) is 6.67. The fourth-order valence-corrected chi connectivity index (χ4v) is 2.27. The number of hydrogen-bond acceptors (Lipinski definition) is 3. The van der Waals surface area contributed by atoms with Crippen molar-refractivity contribution < 1.29 is 9.47 Å². The van der Waals surface area contributed by atoms with Gasteiger partial charge < -0.3 is 15.2 Å². The van der Waals surface area contributed by atoms with Gasteiger partial charge in [-0.1, -0.05) is 24.3 Å². The highest BCUT2D eigenvalue weighted by Gasteiger charge is 2.09. The van der Waals surface area contributed by atoms with Crippen LogP contribution < -0.4 is 15.2 Å². The van der Waals surface area contributed by atoms with Crippen molar-refractivity contribution in [1.29, 1.82) is 0 Å². The summed E-state index contributed by atoms with van der Waals surface area (Å²) in [5.41, 5.74) is 9.72. The highest BCUT2D eigenvalue weighted by Crippen LogP contribution is 2.24. The molecule has 0 amide bonds. The Kier molecular flexibility index (Phi) is 4.64. The van der Waals surface area contributed by atoms with Crippen molar-refractivity contribution in [3.63, 3.8) is 0 Å². The third kappa shape index (κ3) is 3.31. The maximum atomic E-state index is 6.29. The van der Waals surface area contributed by atoms with E-state index in [4.69, 9.17) is 15.2 Å². The van der Waals surface area contributed by atoms with Crippen LogP contribution in [0.25, 0.3) is 0 Å². The lowest BCUT2D eigenvalue weighted by Crippen LogP contribution is -2.13. The Hall–Kier alpha value is -2.00. The average Bonchev–Trinajstić information content (AvgIpc) is 2.48.